The van der Waals surface area contributed by atoms with E-state index in [1.54, 1.807) is 0 Å². The number of hydrogen-bond donors (Lipinski definition) is 2. The van der Waals surface area contributed by atoms with Gasteiger partial charge in [-0.25, -0.2) is 0 Å². The lowest BCUT2D eigenvalue weighted by Crippen LogP contribution is -2.53. The Kier molecular flexibility index (Phi) is 6.31. The number of nitrogens with one attached hydrogen (secondary N) is 2. The molecule has 112 valence electrons. The van der Waals surface area contributed by atoms with Crippen molar-refractivity contribution in [3.05, 3.63) is 0 Å². The summed E-state index contributed by atoms with van der Waals surface area (Å²) in [7, 11) is 0. The first-order chi connectivity index (χ1) is 8.83. The molecule has 2 unspecified atom stereocenters. The molecule has 2 atom stereocenters. The highest BCUT2D eigenvalue weighted by Gasteiger charge is 2.26. The average Bonchev–Trinajstić information content (AvgIpc) is 2.34. The van der Waals surface area contributed by atoms with Crippen molar-refractivity contribution in [3.8, 4) is 0 Å². The van der Waals surface area contributed by atoms with Gasteiger partial charge in [0.05, 0.1) is 6.04 Å². The molecule has 0 spiro atoms. The number of rotatable bonds is 5. The van der Waals surface area contributed by atoms with Gasteiger partial charge in [-0.2, -0.15) is 0 Å². The molecule has 0 saturated heterocycles. The monoisotopic (exact) mass is 268 g/mol. The Labute approximate surface area is 118 Å². The van der Waals surface area contributed by atoms with Crippen LogP contribution >= 0.6 is 0 Å². The van der Waals surface area contributed by atoms with Crippen LogP contribution < -0.4 is 10.6 Å². The van der Waals surface area contributed by atoms with Gasteiger partial charge in [-0.05, 0) is 52.9 Å². The molecular weight excluding hydrogens is 236 g/mol. The van der Waals surface area contributed by atoms with E-state index < -0.39 is 0 Å². The fourth-order valence-corrected chi connectivity index (χ4v) is 3.00. The molecule has 3 heteroatoms. The van der Waals surface area contributed by atoms with Crippen molar-refractivity contribution in [2.24, 2.45) is 5.92 Å². The molecular formula is C16H32N2O. The number of carbonyl (C=O) groups is 1. The summed E-state index contributed by atoms with van der Waals surface area (Å²) in [4.78, 5) is 12.1. The van der Waals surface area contributed by atoms with E-state index in [0.717, 1.165) is 12.3 Å². The second kappa shape index (κ2) is 7.28. The molecule has 1 aliphatic carbocycles. The quantitative estimate of drug-likeness (QED) is 0.803. The van der Waals surface area contributed by atoms with Crippen LogP contribution in [0.2, 0.25) is 0 Å². The van der Waals surface area contributed by atoms with E-state index in [1.165, 1.54) is 32.1 Å². The molecule has 1 rings (SSSR count). The molecule has 0 aromatic rings. The third-order valence-corrected chi connectivity index (χ3v) is 4.01. The van der Waals surface area contributed by atoms with Gasteiger partial charge in [0.15, 0.2) is 0 Å². The summed E-state index contributed by atoms with van der Waals surface area (Å²) in [5.74, 6) is 0.866. The van der Waals surface area contributed by atoms with E-state index in [0.29, 0.717) is 6.04 Å². The minimum absolute atomic E-state index is 0.105. The Hall–Kier alpha value is -0.570. The second-order valence-electron chi connectivity index (χ2n) is 7.04. The third kappa shape index (κ3) is 5.94. The second-order valence-corrected chi connectivity index (χ2v) is 7.04. The van der Waals surface area contributed by atoms with Crippen LogP contribution in [0.5, 0.6) is 0 Å². The summed E-state index contributed by atoms with van der Waals surface area (Å²) in [6, 6.07) is 0.382. The maximum absolute atomic E-state index is 12.1. The van der Waals surface area contributed by atoms with Gasteiger partial charge in [0.25, 0.3) is 0 Å². The fraction of sp³-hybridized carbons (Fsp3) is 0.938. The van der Waals surface area contributed by atoms with Gasteiger partial charge < -0.3 is 10.6 Å². The maximum Gasteiger partial charge on any atom is 0.237 e. The van der Waals surface area contributed by atoms with Crippen molar-refractivity contribution in [2.45, 2.75) is 90.8 Å². The Balaban J connectivity index is 2.47. The fourth-order valence-electron chi connectivity index (χ4n) is 3.00. The summed E-state index contributed by atoms with van der Waals surface area (Å²) < 4.78 is 0. The van der Waals surface area contributed by atoms with Crippen LogP contribution in [0, 0.1) is 5.92 Å². The highest BCUT2D eigenvalue weighted by Crippen LogP contribution is 2.27. The molecule has 0 aromatic carbocycles. The highest BCUT2D eigenvalue weighted by atomic mass is 16.2. The molecule has 1 aliphatic rings. The first-order valence-corrected chi connectivity index (χ1v) is 7.91. The predicted octanol–water partition coefficient (Wildman–Crippen LogP) is 3.24. The van der Waals surface area contributed by atoms with Crippen LogP contribution in [0.4, 0.5) is 0 Å². The Morgan fingerprint density at radius 3 is 2.26 bits per heavy atom. The predicted molar refractivity (Wildman–Crippen MR) is 81.1 cm³/mol. The van der Waals surface area contributed by atoms with Gasteiger partial charge in [-0.1, -0.05) is 26.2 Å². The first kappa shape index (κ1) is 16.5. The highest BCUT2D eigenvalue weighted by molar-refractivity contribution is 5.81. The van der Waals surface area contributed by atoms with Crippen LogP contribution in [-0.4, -0.2) is 23.5 Å². The molecule has 2 N–H and O–H groups in total. The van der Waals surface area contributed by atoms with E-state index in [2.05, 4.69) is 17.6 Å². The minimum atomic E-state index is -0.153. The van der Waals surface area contributed by atoms with Crippen LogP contribution in [0.25, 0.3) is 0 Å². The normalized spacial score (nSPS) is 20.9. The number of amides is 1. The Bertz CT molecular complexity index is 277. The van der Waals surface area contributed by atoms with Crippen molar-refractivity contribution in [1.82, 2.24) is 10.6 Å². The lowest BCUT2D eigenvalue weighted by atomic mass is 9.82. The van der Waals surface area contributed by atoms with Crippen LogP contribution in [0.15, 0.2) is 0 Å². The van der Waals surface area contributed by atoms with Gasteiger partial charge in [0.1, 0.15) is 0 Å². The van der Waals surface area contributed by atoms with E-state index in [4.69, 9.17) is 0 Å². The van der Waals surface area contributed by atoms with Gasteiger partial charge in [-0.15, -0.1) is 0 Å². The Morgan fingerprint density at radius 1 is 1.21 bits per heavy atom. The summed E-state index contributed by atoms with van der Waals surface area (Å²) in [5, 5.41) is 6.60. The standard InChI is InChI=1S/C16H32N2O/c1-6-14(13-10-8-7-9-11-13)17-12(2)15(19)18-16(3,4)5/h12-14,17H,6-11H2,1-5H3,(H,18,19). The van der Waals surface area contributed by atoms with Gasteiger partial charge >= 0.3 is 0 Å². The SMILES string of the molecule is CCC(NC(C)C(=O)NC(C)(C)C)C1CCCCC1. The largest absolute Gasteiger partial charge is 0.350 e. The molecule has 19 heavy (non-hydrogen) atoms. The first-order valence-electron chi connectivity index (χ1n) is 7.91. The van der Waals surface area contributed by atoms with E-state index in [-0.39, 0.29) is 17.5 Å². The van der Waals surface area contributed by atoms with E-state index >= 15 is 0 Å². The molecule has 1 fully saturated rings. The molecule has 0 aliphatic heterocycles. The smallest absolute Gasteiger partial charge is 0.237 e. The summed E-state index contributed by atoms with van der Waals surface area (Å²) >= 11 is 0. The topological polar surface area (TPSA) is 41.1 Å². The molecule has 0 radical (unpaired) electrons. The van der Waals surface area contributed by atoms with E-state index in [9.17, 15) is 4.79 Å². The third-order valence-electron chi connectivity index (χ3n) is 4.01. The Morgan fingerprint density at radius 2 is 1.79 bits per heavy atom. The van der Waals surface area contributed by atoms with Crippen molar-refractivity contribution >= 4 is 5.91 Å². The molecule has 1 saturated carbocycles. The number of hydrogen-bond acceptors (Lipinski definition) is 2. The van der Waals surface area contributed by atoms with Crippen LogP contribution in [0.1, 0.15) is 73.1 Å². The molecule has 0 aromatic heterocycles. The van der Waals surface area contributed by atoms with Crippen LogP contribution in [0.3, 0.4) is 0 Å². The van der Waals surface area contributed by atoms with Crippen LogP contribution in [-0.2, 0) is 4.79 Å². The van der Waals surface area contributed by atoms with Crippen molar-refractivity contribution in [3.63, 3.8) is 0 Å². The van der Waals surface area contributed by atoms with Gasteiger partial charge in [-0.3, -0.25) is 4.79 Å². The molecule has 0 heterocycles. The summed E-state index contributed by atoms with van der Waals surface area (Å²) in [6.07, 6.45) is 7.83. The lowest BCUT2D eigenvalue weighted by molar-refractivity contribution is -0.124. The maximum atomic E-state index is 12.1. The molecule has 3 nitrogen and oxygen atoms in total. The van der Waals surface area contributed by atoms with Crippen molar-refractivity contribution in [2.75, 3.05) is 0 Å². The van der Waals surface area contributed by atoms with Gasteiger partial charge in [0.2, 0.25) is 5.91 Å². The number of carbonyl (C=O) groups excluding carboxylic acids is 1. The summed E-state index contributed by atoms with van der Waals surface area (Å²) in [5.41, 5.74) is -0.153. The van der Waals surface area contributed by atoms with E-state index in [1.807, 2.05) is 27.7 Å². The van der Waals surface area contributed by atoms with Crippen molar-refractivity contribution in [1.29, 1.82) is 0 Å². The molecule has 1 amide bonds. The zero-order valence-electron chi connectivity index (χ0n) is 13.4. The zero-order valence-corrected chi connectivity index (χ0v) is 13.4. The van der Waals surface area contributed by atoms with Crippen molar-refractivity contribution < 1.29 is 4.79 Å². The average molecular weight is 268 g/mol. The van der Waals surface area contributed by atoms with Gasteiger partial charge in [0, 0.05) is 11.6 Å². The minimum Gasteiger partial charge on any atom is -0.350 e. The summed E-state index contributed by atoms with van der Waals surface area (Å²) in [6.45, 7) is 10.3. The zero-order chi connectivity index (χ0) is 14.5. The molecule has 0 bridgehead atoms. The lowest BCUT2D eigenvalue weighted by Gasteiger charge is -2.33.